The molecule has 0 amide bonds. The van der Waals surface area contributed by atoms with E-state index in [4.69, 9.17) is 5.73 Å². The maximum atomic E-state index is 12.7. The first-order valence-electron chi connectivity index (χ1n) is 5.09. The van der Waals surface area contributed by atoms with E-state index in [1.54, 1.807) is 12.1 Å². The molecule has 2 N–H and O–H groups in total. The van der Waals surface area contributed by atoms with Crippen LogP contribution in [-0.2, 0) is 6.42 Å². The molecule has 0 aliphatic carbocycles. The average Bonchev–Trinajstić information content (AvgIpc) is 2.15. The lowest BCUT2D eigenvalue weighted by Gasteiger charge is -2.12. The van der Waals surface area contributed by atoms with E-state index in [1.807, 2.05) is 19.1 Å². The molecule has 1 aromatic carbocycles. The van der Waals surface area contributed by atoms with Gasteiger partial charge in [0.25, 0.3) is 0 Å². The minimum absolute atomic E-state index is 0.204. The number of benzene rings is 1. The van der Waals surface area contributed by atoms with Gasteiger partial charge in [-0.3, -0.25) is 0 Å². The van der Waals surface area contributed by atoms with Gasteiger partial charge in [0.1, 0.15) is 0 Å². The van der Waals surface area contributed by atoms with Crippen molar-refractivity contribution in [1.29, 1.82) is 0 Å². The van der Waals surface area contributed by atoms with Crippen molar-refractivity contribution in [2.45, 2.75) is 32.1 Å². The Hall–Kier alpha value is -0.960. The van der Waals surface area contributed by atoms with E-state index < -0.39 is 5.92 Å². The highest BCUT2D eigenvalue weighted by Gasteiger charge is 2.21. The molecule has 0 heterocycles. The predicted octanol–water partition coefficient (Wildman–Crippen LogP) is 2.95. The minimum Gasteiger partial charge on any atom is -0.330 e. The number of hydrogen-bond donors (Lipinski definition) is 1. The zero-order valence-corrected chi connectivity index (χ0v) is 9.13. The van der Waals surface area contributed by atoms with Gasteiger partial charge in [0, 0.05) is 6.42 Å². The average molecular weight is 213 g/mol. The molecule has 0 saturated heterocycles. The highest BCUT2D eigenvalue weighted by molar-refractivity contribution is 5.25. The van der Waals surface area contributed by atoms with Crippen molar-refractivity contribution in [3.63, 3.8) is 0 Å². The molecule has 1 nitrogen and oxygen atoms in total. The second kappa shape index (κ2) is 4.71. The second-order valence-electron chi connectivity index (χ2n) is 4.13. The molecule has 0 aliphatic heterocycles. The van der Waals surface area contributed by atoms with Crippen LogP contribution in [0.4, 0.5) is 8.78 Å². The molecule has 0 saturated carbocycles. The van der Waals surface area contributed by atoms with Crippen molar-refractivity contribution in [2.75, 3.05) is 6.54 Å². The number of halogens is 2. The third-order valence-corrected chi connectivity index (χ3v) is 2.42. The summed E-state index contributed by atoms with van der Waals surface area (Å²) in [6.45, 7) is 3.52. The second-order valence-corrected chi connectivity index (χ2v) is 4.13. The van der Waals surface area contributed by atoms with Crippen LogP contribution in [0, 0.1) is 0 Å². The van der Waals surface area contributed by atoms with E-state index in [1.165, 1.54) is 0 Å². The van der Waals surface area contributed by atoms with Gasteiger partial charge in [0.15, 0.2) is 0 Å². The Kier molecular flexibility index (Phi) is 3.80. The van der Waals surface area contributed by atoms with E-state index in [0.29, 0.717) is 12.1 Å². The van der Waals surface area contributed by atoms with Crippen LogP contribution in [0.3, 0.4) is 0 Å². The molecule has 0 bridgehead atoms. The molecule has 1 atom stereocenters. The van der Waals surface area contributed by atoms with Gasteiger partial charge in [0.2, 0.25) is 5.92 Å². The SMILES string of the molecule is CC(CN)c1ccc(CC(C)(F)F)cc1. The third-order valence-electron chi connectivity index (χ3n) is 2.42. The normalized spacial score (nSPS) is 13.9. The third kappa shape index (κ3) is 3.96. The summed E-state index contributed by atoms with van der Waals surface area (Å²) in [5.41, 5.74) is 7.28. The van der Waals surface area contributed by atoms with Gasteiger partial charge in [-0.1, -0.05) is 31.2 Å². The largest absolute Gasteiger partial charge is 0.330 e. The van der Waals surface area contributed by atoms with Crippen LogP contribution in [0.1, 0.15) is 30.9 Å². The van der Waals surface area contributed by atoms with Gasteiger partial charge in [-0.25, -0.2) is 8.78 Å². The van der Waals surface area contributed by atoms with Crippen molar-refractivity contribution >= 4 is 0 Å². The Labute approximate surface area is 89.3 Å². The van der Waals surface area contributed by atoms with E-state index >= 15 is 0 Å². The van der Waals surface area contributed by atoms with Crippen LogP contribution in [0.5, 0.6) is 0 Å². The molecular weight excluding hydrogens is 196 g/mol. The van der Waals surface area contributed by atoms with Crippen molar-refractivity contribution in [3.05, 3.63) is 35.4 Å². The number of nitrogens with two attached hydrogens (primary N) is 1. The molecule has 0 radical (unpaired) electrons. The molecule has 3 heteroatoms. The van der Waals surface area contributed by atoms with Crippen LogP contribution in [0.2, 0.25) is 0 Å². The summed E-state index contributed by atoms with van der Waals surface area (Å²) in [5.74, 6) is -2.36. The Morgan fingerprint density at radius 3 is 2.20 bits per heavy atom. The first kappa shape index (κ1) is 12.1. The zero-order chi connectivity index (χ0) is 11.5. The summed E-state index contributed by atoms with van der Waals surface area (Å²) >= 11 is 0. The molecule has 1 aromatic rings. The quantitative estimate of drug-likeness (QED) is 0.817. The fraction of sp³-hybridized carbons (Fsp3) is 0.500. The monoisotopic (exact) mass is 213 g/mol. The highest BCUT2D eigenvalue weighted by atomic mass is 19.3. The van der Waals surface area contributed by atoms with Gasteiger partial charge >= 0.3 is 0 Å². The van der Waals surface area contributed by atoms with E-state index in [9.17, 15) is 8.78 Å². The lowest BCUT2D eigenvalue weighted by atomic mass is 9.98. The van der Waals surface area contributed by atoms with E-state index in [-0.39, 0.29) is 12.3 Å². The molecule has 1 unspecified atom stereocenters. The smallest absolute Gasteiger partial charge is 0.249 e. The Balaban J connectivity index is 2.72. The first-order valence-corrected chi connectivity index (χ1v) is 5.09. The zero-order valence-electron chi connectivity index (χ0n) is 9.13. The molecule has 84 valence electrons. The highest BCUT2D eigenvalue weighted by Crippen LogP contribution is 2.21. The van der Waals surface area contributed by atoms with Crippen molar-refractivity contribution in [1.82, 2.24) is 0 Å². The molecule has 0 aliphatic rings. The minimum atomic E-state index is -2.64. The first-order chi connectivity index (χ1) is 6.92. The van der Waals surface area contributed by atoms with E-state index in [0.717, 1.165) is 12.5 Å². The standard InChI is InChI=1S/C12H17F2N/c1-9(8-15)11-5-3-10(4-6-11)7-12(2,13)14/h3-6,9H,7-8,15H2,1-2H3. The van der Waals surface area contributed by atoms with Gasteiger partial charge in [0.05, 0.1) is 0 Å². The molecule has 0 spiro atoms. The van der Waals surface area contributed by atoms with Crippen LogP contribution < -0.4 is 5.73 Å². The summed E-state index contributed by atoms with van der Waals surface area (Å²) in [4.78, 5) is 0. The number of alkyl halides is 2. The van der Waals surface area contributed by atoms with Gasteiger partial charge in [-0.15, -0.1) is 0 Å². The Morgan fingerprint density at radius 2 is 1.80 bits per heavy atom. The Morgan fingerprint density at radius 1 is 1.27 bits per heavy atom. The van der Waals surface area contributed by atoms with Crippen LogP contribution in [0.25, 0.3) is 0 Å². The molecule has 0 fully saturated rings. The molecule has 15 heavy (non-hydrogen) atoms. The summed E-state index contributed by atoms with van der Waals surface area (Å²) in [7, 11) is 0. The summed E-state index contributed by atoms with van der Waals surface area (Å²) in [5, 5.41) is 0. The fourth-order valence-electron chi connectivity index (χ4n) is 1.46. The van der Waals surface area contributed by atoms with E-state index in [2.05, 4.69) is 0 Å². The molecule has 0 aromatic heterocycles. The van der Waals surface area contributed by atoms with Crippen molar-refractivity contribution < 1.29 is 8.78 Å². The summed E-state index contributed by atoms with van der Waals surface area (Å²) in [6, 6.07) is 7.25. The van der Waals surface area contributed by atoms with Crippen molar-refractivity contribution in [2.24, 2.45) is 5.73 Å². The van der Waals surface area contributed by atoms with Gasteiger partial charge in [-0.05, 0) is 30.5 Å². The Bertz CT molecular complexity index is 300. The topological polar surface area (TPSA) is 26.0 Å². The maximum Gasteiger partial charge on any atom is 0.249 e. The van der Waals surface area contributed by atoms with Crippen molar-refractivity contribution in [3.8, 4) is 0 Å². The molecular formula is C12H17F2N. The fourth-order valence-corrected chi connectivity index (χ4v) is 1.46. The number of hydrogen-bond acceptors (Lipinski definition) is 1. The van der Waals surface area contributed by atoms with Gasteiger partial charge < -0.3 is 5.73 Å². The number of rotatable bonds is 4. The van der Waals surface area contributed by atoms with Crippen LogP contribution in [-0.4, -0.2) is 12.5 Å². The predicted molar refractivity (Wildman–Crippen MR) is 58.2 cm³/mol. The summed E-state index contributed by atoms with van der Waals surface area (Å²) in [6.07, 6.45) is -0.204. The lowest BCUT2D eigenvalue weighted by Crippen LogP contribution is -2.13. The maximum absolute atomic E-state index is 12.7. The summed E-state index contributed by atoms with van der Waals surface area (Å²) < 4.78 is 25.4. The van der Waals surface area contributed by atoms with Crippen LogP contribution >= 0.6 is 0 Å². The lowest BCUT2D eigenvalue weighted by molar-refractivity contribution is 0.0226. The molecule has 1 rings (SSSR count). The van der Waals surface area contributed by atoms with Crippen LogP contribution in [0.15, 0.2) is 24.3 Å². The van der Waals surface area contributed by atoms with Gasteiger partial charge in [-0.2, -0.15) is 0 Å².